The zero-order valence-corrected chi connectivity index (χ0v) is 19.8. The Morgan fingerprint density at radius 3 is 2.74 bits per heavy atom. The number of fused-ring (bicyclic) bond motifs is 1. The van der Waals surface area contributed by atoms with Crippen LogP contribution in [0.5, 0.6) is 0 Å². The van der Waals surface area contributed by atoms with Gasteiger partial charge in [0, 0.05) is 28.7 Å². The summed E-state index contributed by atoms with van der Waals surface area (Å²) in [5.74, 6) is -0.737. The van der Waals surface area contributed by atoms with E-state index in [9.17, 15) is 19.7 Å². The minimum Gasteiger partial charge on any atom is -0.465 e. The second kappa shape index (κ2) is 8.73. The van der Waals surface area contributed by atoms with Crippen LogP contribution in [0.3, 0.4) is 0 Å². The lowest BCUT2D eigenvalue weighted by molar-refractivity contribution is -0.380. The van der Waals surface area contributed by atoms with Gasteiger partial charge in [-0.15, -0.1) is 11.3 Å². The average molecular weight is 510 g/mol. The fourth-order valence-corrected chi connectivity index (χ4v) is 4.69. The van der Waals surface area contributed by atoms with Gasteiger partial charge in [0.05, 0.1) is 39.7 Å². The quantitative estimate of drug-likeness (QED) is 0.205. The zero-order chi connectivity index (χ0) is 24.7. The van der Waals surface area contributed by atoms with Crippen LogP contribution in [-0.2, 0) is 4.74 Å². The second-order valence-corrected chi connectivity index (χ2v) is 9.41. The molecule has 0 atom stereocenters. The summed E-state index contributed by atoms with van der Waals surface area (Å²) in [5, 5.41) is 20.4. The zero-order valence-electron chi connectivity index (χ0n) is 18.2. The van der Waals surface area contributed by atoms with Gasteiger partial charge in [0.1, 0.15) is 5.82 Å². The lowest BCUT2D eigenvalue weighted by Crippen LogP contribution is -2.14. The third-order valence-corrected chi connectivity index (χ3v) is 6.83. The summed E-state index contributed by atoms with van der Waals surface area (Å²) in [5.41, 5.74) is 1.52. The van der Waals surface area contributed by atoms with Crippen molar-refractivity contribution in [3.63, 3.8) is 0 Å². The molecule has 176 valence electrons. The number of ether oxygens (including phenoxy) is 1. The van der Waals surface area contributed by atoms with E-state index < -0.39 is 16.8 Å². The number of thiophene rings is 2. The molecule has 0 saturated heterocycles. The minimum absolute atomic E-state index is 0.146. The summed E-state index contributed by atoms with van der Waals surface area (Å²) in [6.07, 6.45) is 4.64. The molecule has 5 aromatic rings. The number of aromatic nitrogens is 5. The highest BCUT2D eigenvalue weighted by molar-refractivity contribution is 7.17. The molecule has 1 amide bonds. The summed E-state index contributed by atoms with van der Waals surface area (Å²) >= 11 is 2.31. The van der Waals surface area contributed by atoms with E-state index >= 15 is 0 Å². The monoisotopic (exact) mass is 509 g/mol. The van der Waals surface area contributed by atoms with Crippen LogP contribution in [0.25, 0.3) is 22.7 Å². The number of nitrogens with one attached hydrogen (secondary N) is 1. The van der Waals surface area contributed by atoms with Crippen molar-refractivity contribution in [2.75, 3.05) is 12.4 Å². The molecule has 1 N–H and O–H groups in total. The van der Waals surface area contributed by atoms with Gasteiger partial charge in [-0.2, -0.15) is 15.1 Å². The van der Waals surface area contributed by atoms with Crippen LogP contribution in [0.2, 0.25) is 0 Å². The first kappa shape index (κ1) is 22.4. The lowest BCUT2D eigenvalue weighted by Gasteiger charge is -2.09. The number of nitro groups is 1. The molecular formula is C21H15N7O5S2. The first-order chi connectivity index (χ1) is 16.8. The van der Waals surface area contributed by atoms with Crippen LogP contribution in [0.15, 0.2) is 48.2 Å². The van der Waals surface area contributed by atoms with Gasteiger partial charge in [-0.1, -0.05) is 11.3 Å². The van der Waals surface area contributed by atoms with Gasteiger partial charge in [0.25, 0.3) is 5.91 Å². The van der Waals surface area contributed by atoms with E-state index in [1.54, 1.807) is 28.3 Å². The molecule has 12 nitrogen and oxygen atoms in total. The summed E-state index contributed by atoms with van der Waals surface area (Å²) < 4.78 is 7.90. The van der Waals surface area contributed by atoms with Crippen molar-refractivity contribution in [3.05, 3.63) is 73.7 Å². The van der Waals surface area contributed by atoms with E-state index in [0.717, 1.165) is 21.9 Å². The summed E-state index contributed by atoms with van der Waals surface area (Å²) in [4.78, 5) is 45.6. The van der Waals surface area contributed by atoms with Gasteiger partial charge in [0.2, 0.25) is 5.95 Å². The molecule has 0 aliphatic rings. The molecule has 0 unspecified atom stereocenters. The van der Waals surface area contributed by atoms with Crippen LogP contribution < -0.4 is 5.32 Å². The predicted molar refractivity (Wildman–Crippen MR) is 129 cm³/mol. The number of anilines is 1. The molecule has 35 heavy (non-hydrogen) atoms. The van der Waals surface area contributed by atoms with E-state index in [1.807, 2.05) is 18.4 Å². The standard InChI is InChI=1S/C21H15N7O5S2/c1-11-7-13(10-34-11)27-18-14(8-22-27)17(23-19(29)15-3-4-16(35-15)28(31)32)24-21(25-18)26-6-5-12(9-26)20(30)33-2/h3-10H,1-2H3,(H,23,24,25,29). The van der Waals surface area contributed by atoms with Crippen LogP contribution in [0, 0.1) is 17.0 Å². The van der Waals surface area contributed by atoms with E-state index in [-0.39, 0.29) is 21.6 Å². The Hall–Kier alpha value is -4.43. The van der Waals surface area contributed by atoms with Crippen molar-refractivity contribution in [2.45, 2.75) is 6.92 Å². The van der Waals surface area contributed by atoms with Crippen molar-refractivity contribution in [2.24, 2.45) is 0 Å². The molecule has 0 aliphatic carbocycles. The largest absolute Gasteiger partial charge is 0.465 e. The number of nitrogens with zero attached hydrogens (tertiary/aromatic N) is 6. The first-order valence-corrected chi connectivity index (χ1v) is 11.7. The fraction of sp³-hybridized carbons (Fsp3) is 0.0952. The van der Waals surface area contributed by atoms with Crippen molar-refractivity contribution in [1.82, 2.24) is 24.3 Å². The van der Waals surface area contributed by atoms with Crippen molar-refractivity contribution in [3.8, 4) is 11.6 Å². The number of carbonyl (C=O) groups is 2. The van der Waals surface area contributed by atoms with E-state index in [0.29, 0.717) is 16.6 Å². The van der Waals surface area contributed by atoms with Gasteiger partial charge in [-0.25, -0.2) is 9.48 Å². The highest BCUT2D eigenvalue weighted by atomic mass is 32.1. The number of aryl methyl sites for hydroxylation is 1. The summed E-state index contributed by atoms with van der Waals surface area (Å²) in [6.45, 7) is 1.97. The maximum Gasteiger partial charge on any atom is 0.339 e. The molecule has 0 aliphatic heterocycles. The first-order valence-electron chi connectivity index (χ1n) is 9.97. The predicted octanol–water partition coefficient (Wildman–Crippen LogP) is 3.98. The molecule has 0 bridgehead atoms. The van der Waals surface area contributed by atoms with Crippen molar-refractivity contribution >= 4 is 56.4 Å². The average Bonchev–Trinajstić information content (AvgIpc) is 3.64. The van der Waals surface area contributed by atoms with Gasteiger partial charge in [0.15, 0.2) is 5.65 Å². The molecular weight excluding hydrogens is 494 g/mol. The SMILES string of the molecule is COC(=O)c1ccn(-c2nc(NC(=O)c3ccc([N+](=O)[O-])s3)c3cnn(-c4csc(C)c4)c3n2)c1. The van der Waals surface area contributed by atoms with E-state index in [4.69, 9.17) is 4.74 Å². The number of hydrogen-bond acceptors (Lipinski definition) is 10. The van der Waals surface area contributed by atoms with Crippen molar-refractivity contribution < 1.29 is 19.2 Å². The Morgan fingerprint density at radius 1 is 1.23 bits per heavy atom. The number of amides is 1. The Balaban J connectivity index is 1.61. The molecule has 0 fully saturated rings. The highest BCUT2D eigenvalue weighted by Crippen LogP contribution is 2.28. The normalized spacial score (nSPS) is 11.0. The van der Waals surface area contributed by atoms with Crippen LogP contribution in [0.1, 0.15) is 24.9 Å². The van der Waals surface area contributed by atoms with Gasteiger partial charge in [-0.3, -0.25) is 19.5 Å². The Labute approximate surface area is 204 Å². The lowest BCUT2D eigenvalue weighted by atomic mass is 10.3. The Morgan fingerprint density at radius 2 is 2.06 bits per heavy atom. The number of methoxy groups -OCH3 is 1. The van der Waals surface area contributed by atoms with Gasteiger partial charge in [-0.05, 0) is 25.1 Å². The maximum absolute atomic E-state index is 12.9. The van der Waals surface area contributed by atoms with Gasteiger partial charge < -0.3 is 10.1 Å². The smallest absolute Gasteiger partial charge is 0.339 e. The molecule has 0 radical (unpaired) electrons. The number of hydrogen-bond donors (Lipinski definition) is 1. The fourth-order valence-electron chi connectivity index (χ4n) is 3.31. The van der Waals surface area contributed by atoms with E-state index in [2.05, 4.69) is 20.4 Å². The number of rotatable bonds is 6. The third kappa shape index (κ3) is 4.15. The highest BCUT2D eigenvalue weighted by Gasteiger charge is 2.21. The molecule has 14 heteroatoms. The van der Waals surface area contributed by atoms with Crippen LogP contribution in [0.4, 0.5) is 10.8 Å². The Kier molecular flexibility index (Phi) is 5.58. The molecule has 0 aromatic carbocycles. The van der Waals surface area contributed by atoms with Crippen LogP contribution >= 0.6 is 22.7 Å². The molecule has 0 spiro atoms. The number of carbonyl (C=O) groups excluding carboxylic acids is 2. The third-order valence-electron chi connectivity index (χ3n) is 4.95. The number of esters is 1. The maximum atomic E-state index is 12.9. The minimum atomic E-state index is -0.559. The topological polar surface area (TPSA) is 147 Å². The van der Waals surface area contributed by atoms with Crippen molar-refractivity contribution in [1.29, 1.82) is 0 Å². The molecule has 5 rings (SSSR count). The van der Waals surface area contributed by atoms with Gasteiger partial charge >= 0.3 is 11.0 Å². The molecule has 5 aromatic heterocycles. The van der Waals surface area contributed by atoms with Crippen LogP contribution in [-0.4, -0.2) is 48.2 Å². The van der Waals surface area contributed by atoms with E-state index in [1.165, 1.54) is 36.2 Å². The Bertz CT molecular complexity index is 1610. The molecule has 5 heterocycles. The molecule has 0 saturated carbocycles. The second-order valence-electron chi connectivity index (χ2n) is 7.23. The summed E-state index contributed by atoms with van der Waals surface area (Å²) in [7, 11) is 1.28. The summed E-state index contributed by atoms with van der Waals surface area (Å²) in [6, 6.07) is 6.16.